The molecule has 0 atom stereocenters. The Kier molecular flexibility index (Phi) is 2.19. The molecule has 2 heterocycles. The number of hydrogen-bond donors (Lipinski definition) is 2. The van der Waals surface area contributed by atoms with Crippen LogP contribution in [0.1, 0.15) is 24.5 Å². The van der Waals surface area contributed by atoms with Gasteiger partial charge in [0, 0.05) is 5.92 Å². The van der Waals surface area contributed by atoms with Gasteiger partial charge in [0.1, 0.15) is 5.69 Å². The summed E-state index contributed by atoms with van der Waals surface area (Å²) in [6.07, 6.45) is 2.13. The molecular weight excluding hydrogens is 242 g/mol. The third-order valence-corrected chi connectivity index (χ3v) is 2.99. The Morgan fingerprint density at radius 3 is 2.76 bits per heavy atom. The van der Waals surface area contributed by atoms with E-state index in [-0.39, 0.29) is 16.4 Å². The molecule has 3 N–H and O–H groups in total. The maximum Gasteiger partial charge on any atom is 0.296 e. The Labute approximate surface area is 101 Å². The lowest BCUT2D eigenvalue weighted by Gasteiger charge is -1.98. The lowest BCUT2D eigenvalue weighted by molar-refractivity contribution is 0.771. The van der Waals surface area contributed by atoms with Gasteiger partial charge in [0.25, 0.3) is 5.56 Å². The molecule has 0 bridgehead atoms. The van der Waals surface area contributed by atoms with Crippen molar-refractivity contribution in [2.24, 2.45) is 0 Å². The molecule has 3 rings (SSSR count). The quantitative estimate of drug-likeness (QED) is 0.835. The molecule has 7 heteroatoms. The molecule has 1 aliphatic carbocycles. The smallest absolute Gasteiger partial charge is 0.296 e. The summed E-state index contributed by atoms with van der Waals surface area (Å²) in [7, 11) is 0. The fraction of sp³-hybridized carbons (Fsp3) is 0.300. The molecular formula is C10H10ClN5O. The van der Waals surface area contributed by atoms with Crippen LogP contribution in [0.2, 0.25) is 5.15 Å². The highest BCUT2D eigenvalue weighted by Gasteiger charge is 2.29. The number of anilines is 1. The van der Waals surface area contributed by atoms with Crippen LogP contribution in [0, 0.1) is 0 Å². The highest BCUT2D eigenvalue weighted by Crippen LogP contribution is 2.40. The average molecular weight is 252 g/mol. The van der Waals surface area contributed by atoms with Crippen molar-refractivity contribution in [1.82, 2.24) is 20.0 Å². The summed E-state index contributed by atoms with van der Waals surface area (Å²) in [5.74, 6) is 0.766. The van der Waals surface area contributed by atoms with Gasteiger partial charge in [-0.25, -0.2) is 0 Å². The third kappa shape index (κ3) is 1.70. The standard InChI is InChI=1S/C10H10ClN5O/c11-6-3-4-7(14-13-6)16-10(17)8(12)9(15-16)5-1-2-5/h3-5,15H,1-2,12H2. The topological polar surface area (TPSA) is 89.6 Å². The van der Waals surface area contributed by atoms with E-state index >= 15 is 0 Å². The Balaban J connectivity index is 2.11. The number of rotatable bonds is 2. The van der Waals surface area contributed by atoms with Gasteiger partial charge in [0.05, 0.1) is 5.69 Å². The summed E-state index contributed by atoms with van der Waals surface area (Å²) < 4.78 is 1.30. The van der Waals surface area contributed by atoms with E-state index in [1.165, 1.54) is 4.68 Å². The van der Waals surface area contributed by atoms with Crippen molar-refractivity contribution >= 4 is 17.3 Å². The number of halogens is 1. The minimum Gasteiger partial charge on any atom is -0.393 e. The second kappa shape index (κ2) is 3.59. The average Bonchev–Trinajstić information content (AvgIpc) is 3.11. The van der Waals surface area contributed by atoms with E-state index in [4.69, 9.17) is 17.3 Å². The van der Waals surface area contributed by atoms with Crippen LogP contribution in [-0.4, -0.2) is 20.0 Å². The monoisotopic (exact) mass is 251 g/mol. The van der Waals surface area contributed by atoms with E-state index in [1.807, 2.05) is 0 Å². The number of aromatic amines is 1. The summed E-state index contributed by atoms with van der Waals surface area (Å²) in [4.78, 5) is 11.9. The van der Waals surface area contributed by atoms with Gasteiger partial charge in [-0.1, -0.05) is 11.6 Å². The van der Waals surface area contributed by atoms with Gasteiger partial charge in [0.2, 0.25) is 0 Å². The van der Waals surface area contributed by atoms with E-state index in [2.05, 4.69) is 15.3 Å². The van der Waals surface area contributed by atoms with Crippen LogP contribution >= 0.6 is 11.6 Å². The summed E-state index contributed by atoms with van der Waals surface area (Å²) >= 11 is 5.64. The Bertz CT molecular complexity index is 611. The summed E-state index contributed by atoms with van der Waals surface area (Å²) in [6.45, 7) is 0. The normalized spacial score (nSPS) is 15.1. The molecule has 1 aliphatic rings. The Morgan fingerprint density at radius 1 is 1.41 bits per heavy atom. The molecule has 88 valence electrons. The molecule has 1 saturated carbocycles. The number of aromatic nitrogens is 4. The van der Waals surface area contributed by atoms with Crippen LogP contribution in [0.25, 0.3) is 5.82 Å². The molecule has 2 aromatic heterocycles. The predicted molar refractivity (Wildman–Crippen MR) is 63.4 cm³/mol. The van der Waals surface area contributed by atoms with Crippen LogP contribution in [0.4, 0.5) is 5.69 Å². The fourth-order valence-corrected chi connectivity index (χ4v) is 1.84. The number of H-pyrrole nitrogens is 1. The SMILES string of the molecule is Nc1c(C2CC2)[nH]n(-c2ccc(Cl)nn2)c1=O. The molecule has 6 nitrogen and oxygen atoms in total. The first kappa shape index (κ1) is 10.3. The molecule has 0 radical (unpaired) electrons. The van der Waals surface area contributed by atoms with Crippen LogP contribution in [0.3, 0.4) is 0 Å². The molecule has 0 aliphatic heterocycles. The minimum absolute atomic E-state index is 0.268. The lowest BCUT2D eigenvalue weighted by atomic mass is 10.3. The van der Waals surface area contributed by atoms with Gasteiger partial charge in [-0.2, -0.15) is 4.68 Å². The number of nitrogens with one attached hydrogen (secondary N) is 1. The van der Waals surface area contributed by atoms with E-state index in [0.29, 0.717) is 11.7 Å². The Hall–Kier alpha value is -1.82. The van der Waals surface area contributed by atoms with Gasteiger partial charge in [-0.05, 0) is 25.0 Å². The van der Waals surface area contributed by atoms with Crippen molar-refractivity contribution in [3.63, 3.8) is 0 Å². The number of hydrogen-bond acceptors (Lipinski definition) is 4. The molecule has 0 aromatic carbocycles. The number of nitrogens with two attached hydrogens (primary N) is 1. The van der Waals surface area contributed by atoms with Gasteiger partial charge in [0.15, 0.2) is 11.0 Å². The van der Waals surface area contributed by atoms with Crippen LogP contribution in [-0.2, 0) is 0 Å². The van der Waals surface area contributed by atoms with Crippen LogP contribution in [0.15, 0.2) is 16.9 Å². The lowest BCUT2D eigenvalue weighted by Crippen LogP contribution is -2.18. The molecule has 17 heavy (non-hydrogen) atoms. The van der Waals surface area contributed by atoms with Crippen molar-refractivity contribution in [3.05, 3.63) is 33.3 Å². The van der Waals surface area contributed by atoms with E-state index in [1.54, 1.807) is 12.1 Å². The summed E-state index contributed by atoms with van der Waals surface area (Å²) in [5, 5.41) is 10.8. The summed E-state index contributed by atoms with van der Waals surface area (Å²) in [5.41, 5.74) is 6.55. The second-order valence-corrected chi connectivity index (χ2v) is 4.46. The van der Waals surface area contributed by atoms with Crippen molar-refractivity contribution < 1.29 is 0 Å². The molecule has 0 spiro atoms. The van der Waals surface area contributed by atoms with Gasteiger partial charge in [-0.3, -0.25) is 9.89 Å². The van der Waals surface area contributed by atoms with Crippen LogP contribution < -0.4 is 11.3 Å². The van der Waals surface area contributed by atoms with Gasteiger partial charge >= 0.3 is 0 Å². The maximum atomic E-state index is 11.9. The zero-order valence-electron chi connectivity index (χ0n) is 8.85. The summed E-state index contributed by atoms with van der Waals surface area (Å²) in [6, 6.07) is 3.19. The van der Waals surface area contributed by atoms with Crippen molar-refractivity contribution in [3.8, 4) is 5.82 Å². The predicted octanol–water partition coefficient (Wildman–Crippen LogP) is 1.07. The van der Waals surface area contributed by atoms with Gasteiger partial charge < -0.3 is 5.73 Å². The first-order valence-electron chi connectivity index (χ1n) is 5.27. The number of nitrogens with zero attached hydrogens (tertiary/aromatic N) is 3. The Morgan fingerprint density at radius 2 is 2.18 bits per heavy atom. The van der Waals surface area contributed by atoms with Crippen molar-refractivity contribution in [2.75, 3.05) is 5.73 Å². The fourth-order valence-electron chi connectivity index (χ4n) is 1.74. The zero-order valence-corrected chi connectivity index (χ0v) is 9.61. The van der Waals surface area contributed by atoms with Crippen molar-refractivity contribution in [1.29, 1.82) is 0 Å². The maximum absolute atomic E-state index is 11.9. The molecule has 0 amide bonds. The third-order valence-electron chi connectivity index (χ3n) is 2.79. The largest absolute Gasteiger partial charge is 0.393 e. The van der Waals surface area contributed by atoms with E-state index in [0.717, 1.165) is 18.5 Å². The van der Waals surface area contributed by atoms with Gasteiger partial charge in [-0.15, -0.1) is 10.2 Å². The zero-order chi connectivity index (χ0) is 12.0. The minimum atomic E-state index is -0.288. The van der Waals surface area contributed by atoms with Crippen molar-refractivity contribution in [2.45, 2.75) is 18.8 Å². The van der Waals surface area contributed by atoms with E-state index < -0.39 is 0 Å². The highest BCUT2D eigenvalue weighted by atomic mass is 35.5. The first-order valence-corrected chi connectivity index (χ1v) is 5.64. The molecule has 2 aromatic rings. The van der Waals surface area contributed by atoms with Crippen LogP contribution in [0.5, 0.6) is 0 Å². The van der Waals surface area contributed by atoms with E-state index in [9.17, 15) is 4.79 Å². The molecule has 0 saturated heterocycles. The second-order valence-electron chi connectivity index (χ2n) is 4.07. The molecule has 1 fully saturated rings. The number of nitrogen functional groups attached to an aromatic ring is 1. The highest BCUT2D eigenvalue weighted by molar-refractivity contribution is 6.29. The first-order chi connectivity index (χ1) is 8.16. The molecule has 0 unspecified atom stereocenters.